The molecule has 0 spiro atoms. The first-order valence-electron chi connectivity index (χ1n) is 5.59. The molecule has 3 heteroatoms. The van der Waals surface area contributed by atoms with E-state index < -0.39 is 0 Å². The summed E-state index contributed by atoms with van der Waals surface area (Å²) in [6.07, 6.45) is 4.60. The fraction of sp³-hybridized carbons (Fsp3) is 0.385. The number of rotatable bonds is 5. The molecule has 2 N–H and O–H groups in total. The van der Waals surface area contributed by atoms with Crippen molar-refractivity contribution in [1.29, 1.82) is 0 Å². The minimum Gasteiger partial charge on any atom is -0.399 e. The summed E-state index contributed by atoms with van der Waals surface area (Å²) in [6, 6.07) is 6.72. The number of halogens is 1. The summed E-state index contributed by atoms with van der Waals surface area (Å²) in [5.74, 6) is 0. The van der Waals surface area contributed by atoms with Crippen molar-refractivity contribution in [1.82, 2.24) is 4.90 Å². The van der Waals surface area contributed by atoms with Crippen LogP contribution in [0.1, 0.15) is 18.4 Å². The summed E-state index contributed by atoms with van der Waals surface area (Å²) in [5.41, 5.74) is 7.89. The van der Waals surface area contributed by atoms with Crippen LogP contribution in [0.3, 0.4) is 0 Å². The summed E-state index contributed by atoms with van der Waals surface area (Å²) >= 11 is 3.57. The van der Waals surface area contributed by atoms with Crippen molar-refractivity contribution in [3.63, 3.8) is 0 Å². The first-order chi connectivity index (χ1) is 7.70. The van der Waals surface area contributed by atoms with Gasteiger partial charge in [-0.1, -0.05) is 22.0 Å². The van der Waals surface area contributed by atoms with Crippen LogP contribution in [0.5, 0.6) is 0 Å². The first kappa shape index (κ1) is 11.7. The largest absolute Gasteiger partial charge is 0.399 e. The predicted octanol–water partition coefficient (Wildman–Crippen LogP) is 3.18. The molecule has 1 aromatic carbocycles. The van der Waals surface area contributed by atoms with Crippen molar-refractivity contribution in [2.24, 2.45) is 0 Å². The third-order valence-corrected chi connectivity index (χ3v) is 3.64. The fourth-order valence-electron chi connectivity index (χ4n) is 1.88. The Labute approximate surface area is 105 Å². The van der Waals surface area contributed by atoms with Crippen molar-refractivity contribution in [3.8, 4) is 0 Å². The Morgan fingerprint density at radius 2 is 2.25 bits per heavy atom. The molecule has 2 nitrogen and oxygen atoms in total. The van der Waals surface area contributed by atoms with Crippen LogP contribution in [0.25, 0.3) is 0 Å². The van der Waals surface area contributed by atoms with Gasteiger partial charge in [0.1, 0.15) is 0 Å². The highest BCUT2D eigenvalue weighted by Crippen LogP contribution is 2.30. The molecule has 1 aliphatic rings. The van der Waals surface area contributed by atoms with Gasteiger partial charge in [-0.3, -0.25) is 4.90 Å². The van der Waals surface area contributed by atoms with E-state index >= 15 is 0 Å². The normalized spacial score (nSPS) is 15.4. The van der Waals surface area contributed by atoms with Crippen LogP contribution in [0.15, 0.2) is 35.3 Å². The van der Waals surface area contributed by atoms with E-state index in [1.807, 2.05) is 24.3 Å². The molecule has 0 atom stereocenters. The Morgan fingerprint density at radius 3 is 2.88 bits per heavy atom. The Bertz CT molecular complexity index is 386. The Morgan fingerprint density at radius 1 is 1.50 bits per heavy atom. The second kappa shape index (κ2) is 5.02. The summed E-state index contributed by atoms with van der Waals surface area (Å²) in [7, 11) is 0. The summed E-state index contributed by atoms with van der Waals surface area (Å²) in [4.78, 5) is 2.45. The van der Waals surface area contributed by atoms with E-state index in [0.29, 0.717) is 0 Å². The van der Waals surface area contributed by atoms with Crippen LogP contribution in [-0.2, 0) is 6.54 Å². The zero-order chi connectivity index (χ0) is 11.5. The SMILES string of the molecule is C=CCN(Cc1cc(N)ccc1Br)C1CC1. The molecule has 0 aliphatic heterocycles. The van der Waals surface area contributed by atoms with Gasteiger partial charge >= 0.3 is 0 Å². The smallest absolute Gasteiger partial charge is 0.0318 e. The van der Waals surface area contributed by atoms with Crippen molar-refractivity contribution in [2.45, 2.75) is 25.4 Å². The maximum Gasteiger partial charge on any atom is 0.0318 e. The summed E-state index contributed by atoms with van der Waals surface area (Å²) in [6.45, 7) is 5.71. The van der Waals surface area contributed by atoms with Gasteiger partial charge in [0.2, 0.25) is 0 Å². The van der Waals surface area contributed by atoms with Crippen LogP contribution in [-0.4, -0.2) is 17.5 Å². The molecule has 0 heterocycles. The second-order valence-electron chi connectivity index (χ2n) is 4.30. The van der Waals surface area contributed by atoms with Gasteiger partial charge in [0.05, 0.1) is 0 Å². The van der Waals surface area contributed by atoms with Crippen LogP contribution in [0.2, 0.25) is 0 Å². The van der Waals surface area contributed by atoms with Gasteiger partial charge in [-0.05, 0) is 36.6 Å². The van der Waals surface area contributed by atoms with Crippen LogP contribution in [0, 0.1) is 0 Å². The highest BCUT2D eigenvalue weighted by Gasteiger charge is 2.28. The van der Waals surface area contributed by atoms with E-state index in [2.05, 4.69) is 27.4 Å². The van der Waals surface area contributed by atoms with E-state index in [1.165, 1.54) is 18.4 Å². The molecule has 0 saturated heterocycles. The third-order valence-electron chi connectivity index (χ3n) is 2.87. The molecule has 1 fully saturated rings. The molecule has 1 aliphatic carbocycles. The monoisotopic (exact) mass is 280 g/mol. The lowest BCUT2D eigenvalue weighted by Gasteiger charge is -2.21. The molecule has 0 amide bonds. The number of hydrogen-bond acceptors (Lipinski definition) is 2. The summed E-state index contributed by atoms with van der Waals surface area (Å²) < 4.78 is 1.14. The molecule has 2 rings (SSSR count). The van der Waals surface area contributed by atoms with Crippen molar-refractivity contribution in [2.75, 3.05) is 12.3 Å². The molecular formula is C13H17BrN2. The van der Waals surface area contributed by atoms with E-state index in [0.717, 1.165) is 29.3 Å². The van der Waals surface area contributed by atoms with Gasteiger partial charge in [0.15, 0.2) is 0 Å². The van der Waals surface area contributed by atoms with Gasteiger partial charge in [-0.25, -0.2) is 0 Å². The van der Waals surface area contributed by atoms with Gasteiger partial charge < -0.3 is 5.73 Å². The zero-order valence-corrected chi connectivity index (χ0v) is 10.9. The maximum atomic E-state index is 5.81. The third kappa shape index (κ3) is 2.86. The van der Waals surface area contributed by atoms with Gasteiger partial charge in [0.25, 0.3) is 0 Å². The van der Waals surface area contributed by atoms with Gasteiger partial charge in [-0.15, -0.1) is 6.58 Å². The number of nitrogens with zero attached hydrogens (tertiary/aromatic N) is 1. The molecule has 0 bridgehead atoms. The zero-order valence-electron chi connectivity index (χ0n) is 9.32. The van der Waals surface area contributed by atoms with Crippen LogP contribution in [0.4, 0.5) is 5.69 Å². The number of benzene rings is 1. The number of nitrogens with two attached hydrogens (primary N) is 1. The molecule has 0 aromatic heterocycles. The lowest BCUT2D eigenvalue weighted by molar-refractivity contribution is 0.283. The second-order valence-corrected chi connectivity index (χ2v) is 5.15. The molecule has 16 heavy (non-hydrogen) atoms. The Hall–Kier alpha value is -0.800. The van der Waals surface area contributed by atoms with E-state index in [1.54, 1.807) is 0 Å². The standard InChI is InChI=1S/C13H17BrN2/c1-2-7-16(12-4-5-12)9-10-8-11(15)3-6-13(10)14/h2-3,6,8,12H,1,4-5,7,9,15H2. The lowest BCUT2D eigenvalue weighted by Crippen LogP contribution is -2.25. The quantitative estimate of drug-likeness (QED) is 0.663. The lowest BCUT2D eigenvalue weighted by atomic mass is 10.2. The van der Waals surface area contributed by atoms with E-state index in [9.17, 15) is 0 Å². The summed E-state index contributed by atoms with van der Waals surface area (Å²) in [5, 5.41) is 0. The number of hydrogen-bond donors (Lipinski definition) is 1. The Kier molecular flexibility index (Phi) is 3.66. The van der Waals surface area contributed by atoms with Crippen LogP contribution >= 0.6 is 15.9 Å². The van der Waals surface area contributed by atoms with Crippen LogP contribution < -0.4 is 5.73 Å². The average Bonchev–Trinajstić information content (AvgIpc) is 3.06. The Balaban J connectivity index is 2.10. The highest BCUT2D eigenvalue weighted by atomic mass is 79.9. The molecule has 1 saturated carbocycles. The fourth-order valence-corrected chi connectivity index (χ4v) is 2.25. The topological polar surface area (TPSA) is 29.3 Å². The van der Waals surface area contributed by atoms with E-state index in [-0.39, 0.29) is 0 Å². The van der Waals surface area contributed by atoms with Crippen molar-refractivity contribution >= 4 is 21.6 Å². The molecule has 0 radical (unpaired) electrons. The van der Waals surface area contributed by atoms with Gasteiger partial charge in [0, 0.05) is 29.3 Å². The minimum absolute atomic E-state index is 0.742. The predicted molar refractivity (Wildman–Crippen MR) is 72.2 cm³/mol. The highest BCUT2D eigenvalue weighted by molar-refractivity contribution is 9.10. The molecule has 1 aromatic rings. The maximum absolute atomic E-state index is 5.81. The van der Waals surface area contributed by atoms with E-state index in [4.69, 9.17) is 5.73 Å². The van der Waals surface area contributed by atoms with Crippen molar-refractivity contribution < 1.29 is 0 Å². The average molecular weight is 281 g/mol. The molecule has 0 unspecified atom stereocenters. The minimum atomic E-state index is 0.742. The van der Waals surface area contributed by atoms with Gasteiger partial charge in [-0.2, -0.15) is 0 Å². The number of anilines is 1. The van der Waals surface area contributed by atoms with Crippen molar-refractivity contribution in [3.05, 3.63) is 40.9 Å². The molecule has 86 valence electrons. The molecular weight excluding hydrogens is 264 g/mol. The first-order valence-corrected chi connectivity index (χ1v) is 6.39. The number of nitrogen functional groups attached to an aromatic ring is 1.